The van der Waals surface area contributed by atoms with Gasteiger partial charge in [0.25, 0.3) is 5.69 Å². The third kappa shape index (κ3) is 2.96. The summed E-state index contributed by atoms with van der Waals surface area (Å²) in [5.41, 5.74) is 6.26. The smallest absolute Gasteiger partial charge is 0.272 e. The first-order valence-corrected chi connectivity index (χ1v) is 4.70. The Morgan fingerprint density at radius 2 is 2.12 bits per heavy atom. The fourth-order valence-electron chi connectivity index (χ4n) is 1.38. The molecule has 0 aliphatic carbocycles. The average molecular weight is 230 g/mol. The summed E-state index contributed by atoms with van der Waals surface area (Å²) >= 11 is 0. The lowest BCUT2D eigenvalue weighted by Gasteiger charge is -2.11. The summed E-state index contributed by atoms with van der Waals surface area (Å²) in [5.74, 6) is 0. The Morgan fingerprint density at radius 1 is 1.50 bits per heavy atom. The van der Waals surface area contributed by atoms with Gasteiger partial charge in [-0.05, 0) is 12.5 Å². The molecule has 0 amide bonds. The van der Waals surface area contributed by atoms with E-state index in [1.165, 1.54) is 18.2 Å². The monoisotopic (exact) mass is 230 g/mol. The van der Waals surface area contributed by atoms with E-state index in [2.05, 4.69) is 0 Å². The number of nitrogens with two attached hydrogens (primary N) is 1. The molecular formula is C10H12F2N2O2. The molecule has 0 heterocycles. The van der Waals surface area contributed by atoms with Gasteiger partial charge in [0.1, 0.15) is 0 Å². The molecule has 0 aromatic heterocycles. The number of nitro groups is 1. The van der Waals surface area contributed by atoms with E-state index >= 15 is 0 Å². The van der Waals surface area contributed by atoms with Gasteiger partial charge < -0.3 is 5.73 Å². The Bertz CT molecular complexity index is 396. The van der Waals surface area contributed by atoms with E-state index in [0.29, 0.717) is 11.1 Å². The third-order valence-corrected chi connectivity index (χ3v) is 2.29. The maximum absolute atomic E-state index is 12.1. The van der Waals surface area contributed by atoms with Crippen molar-refractivity contribution in [3.8, 4) is 0 Å². The molecule has 16 heavy (non-hydrogen) atoms. The molecule has 1 atom stereocenters. The highest BCUT2D eigenvalue weighted by Gasteiger charge is 2.17. The molecular weight excluding hydrogens is 218 g/mol. The van der Waals surface area contributed by atoms with Crippen LogP contribution in [0.3, 0.4) is 0 Å². The molecule has 0 unspecified atom stereocenters. The van der Waals surface area contributed by atoms with Crippen molar-refractivity contribution < 1.29 is 13.7 Å². The Hall–Kier alpha value is -1.56. The van der Waals surface area contributed by atoms with Crippen LogP contribution in [0, 0.1) is 17.0 Å². The number of hydrogen-bond donors (Lipinski definition) is 1. The molecule has 2 N–H and O–H groups in total. The molecule has 0 spiro atoms. The maximum Gasteiger partial charge on any atom is 0.272 e. The van der Waals surface area contributed by atoms with Crippen LogP contribution in [0.1, 0.15) is 23.6 Å². The number of alkyl halides is 2. The first-order chi connectivity index (χ1) is 7.41. The van der Waals surface area contributed by atoms with Crippen molar-refractivity contribution in [3.63, 3.8) is 0 Å². The number of halogens is 2. The number of nitrogens with zero attached hydrogens (tertiary/aromatic N) is 1. The van der Waals surface area contributed by atoms with Gasteiger partial charge in [0.15, 0.2) is 0 Å². The zero-order valence-corrected chi connectivity index (χ0v) is 8.69. The van der Waals surface area contributed by atoms with Gasteiger partial charge in [-0.2, -0.15) is 0 Å². The Kier molecular flexibility index (Phi) is 3.89. The van der Waals surface area contributed by atoms with Crippen molar-refractivity contribution in [1.29, 1.82) is 0 Å². The second-order valence-corrected chi connectivity index (χ2v) is 3.54. The minimum Gasteiger partial charge on any atom is -0.324 e. The molecule has 0 bridgehead atoms. The van der Waals surface area contributed by atoms with Crippen molar-refractivity contribution >= 4 is 5.69 Å². The number of benzene rings is 1. The van der Waals surface area contributed by atoms with E-state index in [-0.39, 0.29) is 5.69 Å². The molecule has 1 aromatic carbocycles. The van der Waals surface area contributed by atoms with Crippen LogP contribution in [-0.4, -0.2) is 11.3 Å². The number of rotatable bonds is 4. The summed E-state index contributed by atoms with van der Waals surface area (Å²) in [6, 6.07) is 3.43. The lowest BCUT2D eigenvalue weighted by molar-refractivity contribution is -0.385. The van der Waals surface area contributed by atoms with Crippen LogP contribution in [0.15, 0.2) is 18.2 Å². The van der Waals surface area contributed by atoms with Crippen LogP contribution in [0.2, 0.25) is 0 Å². The lowest BCUT2D eigenvalue weighted by Crippen LogP contribution is -2.14. The van der Waals surface area contributed by atoms with Crippen LogP contribution in [-0.2, 0) is 0 Å². The van der Waals surface area contributed by atoms with Gasteiger partial charge in [-0.1, -0.05) is 12.1 Å². The summed E-state index contributed by atoms with van der Waals surface area (Å²) in [6.07, 6.45) is -3.02. The highest BCUT2D eigenvalue weighted by Crippen LogP contribution is 2.25. The standard InChI is InChI=1S/C10H12F2N2O2/c1-6-2-3-7(4-9(6)14(15)16)8(13)5-10(11)12/h2-4,8,10H,5,13H2,1H3/t8-/m1/s1. The Morgan fingerprint density at radius 3 is 2.62 bits per heavy atom. The Balaban J connectivity index is 2.98. The van der Waals surface area contributed by atoms with Crippen LogP contribution < -0.4 is 5.73 Å². The predicted molar refractivity (Wildman–Crippen MR) is 55.4 cm³/mol. The maximum atomic E-state index is 12.1. The molecule has 6 heteroatoms. The molecule has 4 nitrogen and oxygen atoms in total. The predicted octanol–water partition coefficient (Wildman–Crippen LogP) is 2.56. The van der Waals surface area contributed by atoms with Gasteiger partial charge in [-0.15, -0.1) is 0 Å². The summed E-state index contributed by atoms with van der Waals surface area (Å²) in [4.78, 5) is 10.1. The largest absolute Gasteiger partial charge is 0.324 e. The van der Waals surface area contributed by atoms with Crippen LogP contribution >= 0.6 is 0 Å². The van der Waals surface area contributed by atoms with E-state index in [9.17, 15) is 18.9 Å². The van der Waals surface area contributed by atoms with E-state index in [1.54, 1.807) is 6.92 Å². The molecule has 88 valence electrons. The van der Waals surface area contributed by atoms with Gasteiger partial charge in [0, 0.05) is 24.1 Å². The lowest BCUT2D eigenvalue weighted by atomic mass is 10.0. The van der Waals surface area contributed by atoms with Gasteiger partial charge in [0.05, 0.1) is 4.92 Å². The molecule has 0 radical (unpaired) electrons. The van der Waals surface area contributed by atoms with Crippen molar-refractivity contribution in [2.75, 3.05) is 0 Å². The molecule has 1 aromatic rings. The number of hydrogen-bond acceptors (Lipinski definition) is 3. The van der Waals surface area contributed by atoms with Crippen molar-refractivity contribution in [2.45, 2.75) is 25.8 Å². The minimum atomic E-state index is -2.52. The second-order valence-electron chi connectivity index (χ2n) is 3.54. The first kappa shape index (κ1) is 12.5. The summed E-state index contributed by atoms with van der Waals surface area (Å²) in [6.45, 7) is 1.58. The van der Waals surface area contributed by atoms with Crippen LogP contribution in [0.5, 0.6) is 0 Å². The quantitative estimate of drug-likeness (QED) is 0.638. The normalized spacial score (nSPS) is 12.8. The fraction of sp³-hybridized carbons (Fsp3) is 0.400. The number of aryl methyl sites for hydroxylation is 1. The van der Waals surface area contributed by atoms with Gasteiger partial charge in [-0.25, -0.2) is 8.78 Å². The average Bonchev–Trinajstić information content (AvgIpc) is 2.16. The zero-order chi connectivity index (χ0) is 12.3. The SMILES string of the molecule is Cc1ccc([C@H](N)CC(F)F)cc1[N+](=O)[O-]. The van der Waals surface area contributed by atoms with E-state index < -0.39 is 23.8 Å². The van der Waals surface area contributed by atoms with E-state index in [0.717, 1.165) is 0 Å². The fourth-order valence-corrected chi connectivity index (χ4v) is 1.38. The first-order valence-electron chi connectivity index (χ1n) is 4.70. The topological polar surface area (TPSA) is 69.2 Å². The molecule has 0 saturated heterocycles. The number of nitro benzene ring substituents is 1. The third-order valence-electron chi connectivity index (χ3n) is 2.29. The summed E-state index contributed by atoms with van der Waals surface area (Å²) < 4.78 is 24.2. The van der Waals surface area contributed by atoms with Crippen LogP contribution in [0.25, 0.3) is 0 Å². The Labute approximate surface area is 91.2 Å². The second kappa shape index (κ2) is 4.98. The van der Waals surface area contributed by atoms with Gasteiger partial charge >= 0.3 is 0 Å². The van der Waals surface area contributed by atoms with E-state index in [1.807, 2.05) is 0 Å². The van der Waals surface area contributed by atoms with Gasteiger partial charge in [-0.3, -0.25) is 10.1 Å². The van der Waals surface area contributed by atoms with Crippen LogP contribution in [0.4, 0.5) is 14.5 Å². The summed E-state index contributed by atoms with van der Waals surface area (Å²) in [5, 5.41) is 10.6. The highest BCUT2D eigenvalue weighted by atomic mass is 19.3. The molecule has 0 fully saturated rings. The summed E-state index contributed by atoms with van der Waals surface area (Å²) in [7, 11) is 0. The van der Waals surface area contributed by atoms with Crippen molar-refractivity contribution in [3.05, 3.63) is 39.4 Å². The van der Waals surface area contributed by atoms with Crippen molar-refractivity contribution in [1.82, 2.24) is 0 Å². The van der Waals surface area contributed by atoms with Crippen molar-refractivity contribution in [2.24, 2.45) is 5.73 Å². The molecule has 1 rings (SSSR count). The molecule has 0 saturated carbocycles. The highest BCUT2D eigenvalue weighted by molar-refractivity contribution is 5.43. The van der Waals surface area contributed by atoms with E-state index in [4.69, 9.17) is 5.73 Å². The molecule has 0 aliphatic heterocycles. The zero-order valence-electron chi connectivity index (χ0n) is 8.69. The molecule has 0 aliphatic rings. The van der Waals surface area contributed by atoms with Gasteiger partial charge in [0.2, 0.25) is 6.43 Å². The minimum absolute atomic E-state index is 0.0952.